The summed E-state index contributed by atoms with van der Waals surface area (Å²) in [7, 11) is 0. The highest BCUT2D eigenvalue weighted by atomic mass is 16.4. The highest BCUT2D eigenvalue weighted by Crippen LogP contribution is 2.05. The molecule has 1 rings (SSSR count). The third kappa shape index (κ3) is 3.58. The van der Waals surface area contributed by atoms with Crippen LogP contribution >= 0.6 is 0 Å². The summed E-state index contributed by atoms with van der Waals surface area (Å²) in [4.78, 5) is 24.1. The van der Waals surface area contributed by atoms with Gasteiger partial charge >= 0.3 is 5.97 Å². The van der Waals surface area contributed by atoms with E-state index in [0.29, 0.717) is 0 Å². The Hall–Kier alpha value is -1.85. The van der Waals surface area contributed by atoms with Crippen molar-refractivity contribution in [2.75, 3.05) is 6.54 Å². The predicted octanol–water partition coefficient (Wildman–Crippen LogP) is 0.822. The largest absolute Gasteiger partial charge is 0.480 e. The number of carbonyl (C=O) groups is 2. The number of nitrogens with zero attached hydrogens (tertiary/aromatic N) is 3. The van der Waals surface area contributed by atoms with Gasteiger partial charge in [0, 0.05) is 11.7 Å². The predicted molar refractivity (Wildman–Crippen MR) is 66.2 cm³/mol. The average Bonchev–Trinajstić information content (AvgIpc) is 2.53. The summed E-state index contributed by atoms with van der Waals surface area (Å²) >= 11 is 0. The monoisotopic (exact) mass is 253 g/mol. The van der Waals surface area contributed by atoms with Crippen molar-refractivity contribution in [1.29, 1.82) is 0 Å². The third-order valence-corrected chi connectivity index (χ3v) is 2.64. The van der Waals surface area contributed by atoms with Crippen molar-refractivity contribution in [2.45, 2.75) is 40.3 Å². The van der Waals surface area contributed by atoms with E-state index >= 15 is 0 Å². The molecular formula is C12H19N3O3. The molecular weight excluding hydrogens is 234 g/mol. The molecule has 0 fully saturated rings. The Morgan fingerprint density at radius 1 is 1.44 bits per heavy atom. The van der Waals surface area contributed by atoms with Crippen LogP contribution in [0.3, 0.4) is 0 Å². The van der Waals surface area contributed by atoms with E-state index in [9.17, 15) is 9.59 Å². The Bertz CT molecular complexity index is 451. The molecule has 1 aromatic rings. The molecule has 1 heterocycles. The second-order valence-corrected chi connectivity index (χ2v) is 4.59. The fraction of sp³-hybridized carbons (Fsp3) is 0.583. The minimum absolute atomic E-state index is 0.0745. The van der Waals surface area contributed by atoms with Crippen LogP contribution in [0.1, 0.15) is 25.2 Å². The van der Waals surface area contributed by atoms with Crippen molar-refractivity contribution >= 4 is 11.9 Å². The van der Waals surface area contributed by atoms with E-state index in [0.717, 1.165) is 11.4 Å². The molecule has 0 aromatic carbocycles. The Labute approximate surface area is 106 Å². The van der Waals surface area contributed by atoms with Gasteiger partial charge in [-0.05, 0) is 33.8 Å². The first-order valence-corrected chi connectivity index (χ1v) is 5.83. The van der Waals surface area contributed by atoms with E-state index in [1.807, 2.05) is 19.9 Å². The van der Waals surface area contributed by atoms with E-state index in [1.165, 1.54) is 4.90 Å². The maximum Gasteiger partial charge on any atom is 0.323 e. The van der Waals surface area contributed by atoms with Gasteiger partial charge in [0.2, 0.25) is 5.91 Å². The van der Waals surface area contributed by atoms with Gasteiger partial charge in [0.25, 0.3) is 0 Å². The summed E-state index contributed by atoms with van der Waals surface area (Å²) in [5.41, 5.74) is 1.73. The van der Waals surface area contributed by atoms with Gasteiger partial charge in [0.15, 0.2) is 0 Å². The number of hydrogen-bond donors (Lipinski definition) is 1. The number of amides is 1. The van der Waals surface area contributed by atoms with Gasteiger partial charge in [-0.15, -0.1) is 0 Å². The Kier molecular flexibility index (Phi) is 4.47. The summed E-state index contributed by atoms with van der Waals surface area (Å²) < 4.78 is 1.59. The SMILES string of the molecule is Cc1cc(C)n(CC(=O)N(CC(=O)O)C(C)C)n1. The Morgan fingerprint density at radius 2 is 2.06 bits per heavy atom. The van der Waals surface area contributed by atoms with E-state index in [4.69, 9.17) is 5.11 Å². The fourth-order valence-corrected chi connectivity index (χ4v) is 1.76. The second-order valence-electron chi connectivity index (χ2n) is 4.59. The Morgan fingerprint density at radius 3 is 2.44 bits per heavy atom. The molecule has 0 atom stereocenters. The topological polar surface area (TPSA) is 75.4 Å². The molecule has 0 spiro atoms. The van der Waals surface area contributed by atoms with Crippen molar-refractivity contribution in [3.63, 3.8) is 0 Å². The third-order valence-electron chi connectivity index (χ3n) is 2.64. The highest BCUT2D eigenvalue weighted by molar-refractivity contribution is 5.81. The molecule has 6 nitrogen and oxygen atoms in total. The number of carboxylic acid groups (broad SMARTS) is 1. The maximum absolute atomic E-state index is 12.1. The summed E-state index contributed by atoms with van der Waals surface area (Å²) in [6.07, 6.45) is 0. The quantitative estimate of drug-likeness (QED) is 0.843. The summed E-state index contributed by atoms with van der Waals surface area (Å²) in [6, 6.07) is 1.73. The molecule has 0 aliphatic heterocycles. The standard InChI is InChI=1S/C12H19N3O3/c1-8(2)14(7-12(17)18)11(16)6-15-10(4)5-9(3)13-15/h5,8H,6-7H2,1-4H3,(H,17,18). The average molecular weight is 253 g/mol. The molecule has 0 aliphatic rings. The molecule has 6 heteroatoms. The van der Waals surface area contributed by atoms with Crippen LogP contribution in [0.15, 0.2) is 6.07 Å². The minimum atomic E-state index is -1.01. The van der Waals surface area contributed by atoms with Crippen molar-refractivity contribution in [3.05, 3.63) is 17.5 Å². The molecule has 1 amide bonds. The van der Waals surface area contributed by atoms with Gasteiger partial charge in [-0.25, -0.2) is 0 Å². The summed E-state index contributed by atoms with van der Waals surface area (Å²) in [5.74, 6) is -1.25. The number of hydrogen-bond acceptors (Lipinski definition) is 3. The van der Waals surface area contributed by atoms with Gasteiger partial charge in [0.1, 0.15) is 13.1 Å². The summed E-state index contributed by atoms with van der Waals surface area (Å²) in [5, 5.41) is 13.0. The minimum Gasteiger partial charge on any atom is -0.480 e. The molecule has 18 heavy (non-hydrogen) atoms. The molecule has 1 aromatic heterocycles. The lowest BCUT2D eigenvalue weighted by molar-refractivity contribution is -0.146. The lowest BCUT2D eigenvalue weighted by Crippen LogP contribution is -2.42. The number of aromatic nitrogens is 2. The number of aryl methyl sites for hydroxylation is 2. The maximum atomic E-state index is 12.1. The van der Waals surface area contributed by atoms with Gasteiger partial charge in [-0.2, -0.15) is 5.10 Å². The molecule has 0 bridgehead atoms. The van der Waals surface area contributed by atoms with E-state index in [2.05, 4.69) is 5.10 Å². The molecule has 100 valence electrons. The van der Waals surface area contributed by atoms with Crippen LogP contribution in [0.25, 0.3) is 0 Å². The molecule has 0 unspecified atom stereocenters. The van der Waals surface area contributed by atoms with Gasteiger partial charge < -0.3 is 10.0 Å². The first-order valence-electron chi connectivity index (χ1n) is 5.83. The van der Waals surface area contributed by atoms with E-state index in [-0.39, 0.29) is 25.0 Å². The Balaban J connectivity index is 2.78. The van der Waals surface area contributed by atoms with Crippen LogP contribution in [0.5, 0.6) is 0 Å². The van der Waals surface area contributed by atoms with Crippen molar-refractivity contribution in [2.24, 2.45) is 0 Å². The lowest BCUT2D eigenvalue weighted by atomic mass is 10.3. The van der Waals surface area contributed by atoms with Crippen LogP contribution in [-0.2, 0) is 16.1 Å². The smallest absolute Gasteiger partial charge is 0.323 e. The number of carboxylic acids is 1. The normalized spacial score (nSPS) is 10.7. The van der Waals surface area contributed by atoms with E-state index < -0.39 is 5.97 Å². The number of rotatable bonds is 5. The first kappa shape index (κ1) is 14.2. The van der Waals surface area contributed by atoms with Gasteiger partial charge in [-0.1, -0.05) is 0 Å². The molecule has 0 saturated carbocycles. The molecule has 1 N–H and O–H groups in total. The van der Waals surface area contributed by atoms with Gasteiger partial charge in [0.05, 0.1) is 5.69 Å². The van der Waals surface area contributed by atoms with Crippen LogP contribution in [0, 0.1) is 13.8 Å². The first-order chi connectivity index (χ1) is 8.31. The van der Waals surface area contributed by atoms with Crippen molar-refractivity contribution < 1.29 is 14.7 Å². The molecule has 0 aliphatic carbocycles. The lowest BCUT2D eigenvalue weighted by Gasteiger charge is -2.25. The fourth-order valence-electron chi connectivity index (χ4n) is 1.76. The van der Waals surface area contributed by atoms with E-state index in [1.54, 1.807) is 18.5 Å². The van der Waals surface area contributed by atoms with Crippen molar-refractivity contribution in [1.82, 2.24) is 14.7 Å². The van der Waals surface area contributed by atoms with Crippen LogP contribution < -0.4 is 0 Å². The number of carbonyl (C=O) groups excluding carboxylic acids is 1. The zero-order valence-corrected chi connectivity index (χ0v) is 11.2. The van der Waals surface area contributed by atoms with Crippen LogP contribution in [0.4, 0.5) is 0 Å². The van der Waals surface area contributed by atoms with Crippen LogP contribution in [0.2, 0.25) is 0 Å². The zero-order valence-electron chi connectivity index (χ0n) is 11.2. The summed E-state index contributed by atoms with van der Waals surface area (Å²) in [6.45, 7) is 7.10. The number of aliphatic carboxylic acids is 1. The zero-order chi connectivity index (χ0) is 13.9. The molecule has 0 saturated heterocycles. The van der Waals surface area contributed by atoms with Crippen LogP contribution in [-0.4, -0.2) is 44.3 Å². The van der Waals surface area contributed by atoms with Crippen molar-refractivity contribution in [3.8, 4) is 0 Å². The second kappa shape index (κ2) is 5.66. The van der Waals surface area contributed by atoms with Gasteiger partial charge in [-0.3, -0.25) is 14.3 Å². The highest BCUT2D eigenvalue weighted by Gasteiger charge is 2.20. The molecule has 0 radical (unpaired) electrons.